The second kappa shape index (κ2) is 7.63. The minimum Gasteiger partial charge on any atom is -0.0845 e. The molecule has 0 radical (unpaired) electrons. The zero-order valence-electron chi connectivity index (χ0n) is 21.1. The lowest BCUT2D eigenvalue weighted by molar-refractivity contribution is -0.0517. The van der Waals surface area contributed by atoms with E-state index in [-0.39, 0.29) is 0 Å². The quantitative estimate of drug-likeness (QED) is 0.396. The minimum absolute atomic E-state index is 0.575. The highest BCUT2D eigenvalue weighted by atomic mass is 14.6. The first-order valence-corrected chi connectivity index (χ1v) is 14.6. The van der Waals surface area contributed by atoms with Crippen molar-refractivity contribution < 1.29 is 0 Å². The van der Waals surface area contributed by atoms with Crippen molar-refractivity contribution in [2.45, 2.75) is 130 Å². The van der Waals surface area contributed by atoms with Gasteiger partial charge in [-0.15, -0.1) is 0 Å². The lowest BCUT2D eigenvalue weighted by atomic mass is 9.47. The molecule has 0 aromatic rings. The molecule has 6 saturated carbocycles. The molecule has 0 aromatic carbocycles. The van der Waals surface area contributed by atoms with Crippen LogP contribution in [0, 0.1) is 51.8 Å². The molecule has 7 rings (SSSR count). The lowest BCUT2D eigenvalue weighted by Crippen LogP contribution is -2.50. The minimum atomic E-state index is 0.575. The van der Waals surface area contributed by atoms with Crippen LogP contribution in [0.3, 0.4) is 0 Å². The maximum Gasteiger partial charge on any atom is -0.00853 e. The summed E-state index contributed by atoms with van der Waals surface area (Å²) in [4.78, 5) is 0. The zero-order valence-corrected chi connectivity index (χ0v) is 21.1. The summed E-state index contributed by atoms with van der Waals surface area (Å²) < 4.78 is 0. The predicted molar refractivity (Wildman–Crippen MR) is 132 cm³/mol. The third-order valence-electron chi connectivity index (χ3n) is 13.2. The van der Waals surface area contributed by atoms with Crippen molar-refractivity contribution in [2.24, 2.45) is 51.8 Å². The smallest absolute Gasteiger partial charge is 0.00853 e. The summed E-state index contributed by atoms with van der Waals surface area (Å²) in [5.41, 5.74) is 3.89. The van der Waals surface area contributed by atoms with Gasteiger partial charge in [-0.05, 0) is 154 Å². The molecule has 7 atom stereocenters. The third-order valence-corrected chi connectivity index (χ3v) is 13.2. The molecule has 0 nitrogen and oxygen atoms in total. The van der Waals surface area contributed by atoms with E-state index in [0.29, 0.717) is 10.8 Å². The molecule has 0 heteroatoms. The molecule has 6 fully saturated rings. The van der Waals surface area contributed by atoms with E-state index in [4.69, 9.17) is 0 Å². The summed E-state index contributed by atoms with van der Waals surface area (Å²) in [5.74, 6) is 6.13. The number of allylic oxidation sites excluding steroid dienone is 2. The Balaban J connectivity index is 1.16. The summed E-state index contributed by atoms with van der Waals surface area (Å²) in [6.45, 7) is 8.14. The molecule has 0 spiro atoms. The lowest BCUT2D eigenvalue weighted by Gasteiger charge is -2.58. The van der Waals surface area contributed by atoms with Gasteiger partial charge in [0, 0.05) is 0 Å². The molecule has 0 N–H and O–H groups in total. The Kier molecular flexibility index (Phi) is 5.24. The van der Waals surface area contributed by atoms with Crippen LogP contribution in [0.15, 0.2) is 11.6 Å². The molecule has 0 heterocycles. The van der Waals surface area contributed by atoms with Crippen LogP contribution < -0.4 is 0 Å². The van der Waals surface area contributed by atoms with Crippen LogP contribution in [0.25, 0.3) is 0 Å². The SMILES string of the molecule is CC(CCC12CCC(CC1)CC2)C1CCC2C3CC=C4CCCCC4(C)C3CCC12C. The highest BCUT2D eigenvalue weighted by Crippen LogP contribution is 2.67. The Bertz CT molecular complexity index is 694. The summed E-state index contributed by atoms with van der Waals surface area (Å²) >= 11 is 0. The van der Waals surface area contributed by atoms with Crippen LogP contribution in [-0.4, -0.2) is 0 Å². The Morgan fingerprint density at radius 3 is 2.42 bits per heavy atom. The van der Waals surface area contributed by atoms with Gasteiger partial charge in [0.1, 0.15) is 0 Å². The van der Waals surface area contributed by atoms with Gasteiger partial charge in [-0.3, -0.25) is 0 Å². The van der Waals surface area contributed by atoms with Crippen LogP contribution in [0.4, 0.5) is 0 Å². The van der Waals surface area contributed by atoms with Crippen LogP contribution in [-0.2, 0) is 0 Å². The van der Waals surface area contributed by atoms with Crippen LogP contribution in [0.1, 0.15) is 130 Å². The largest absolute Gasteiger partial charge is 0.0845 e. The Labute approximate surface area is 193 Å². The normalized spacial score (nSPS) is 52.1. The first-order chi connectivity index (χ1) is 14.9. The average Bonchev–Trinajstić information content (AvgIpc) is 3.16. The average molecular weight is 423 g/mol. The molecule has 7 aliphatic carbocycles. The maximum atomic E-state index is 2.77. The molecule has 7 unspecified atom stereocenters. The van der Waals surface area contributed by atoms with E-state index in [1.165, 1.54) is 38.5 Å². The molecule has 174 valence electrons. The van der Waals surface area contributed by atoms with Gasteiger partial charge in [-0.25, -0.2) is 0 Å². The molecule has 2 bridgehead atoms. The van der Waals surface area contributed by atoms with Gasteiger partial charge in [-0.1, -0.05) is 38.8 Å². The monoisotopic (exact) mass is 422 g/mol. The number of rotatable bonds is 4. The van der Waals surface area contributed by atoms with Gasteiger partial charge in [0.2, 0.25) is 0 Å². The zero-order chi connectivity index (χ0) is 21.3. The maximum absolute atomic E-state index is 2.77. The summed E-state index contributed by atoms with van der Waals surface area (Å²) in [5, 5.41) is 0. The van der Waals surface area contributed by atoms with Crippen molar-refractivity contribution in [1.82, 2.24) is 0 Å². The van der Waals surface area contributed by atoms with E-state index in [0.717, 1.165) is 40.9 Å². The van der Waals surface area contributed by atoms with Crippen molar-refractivity contribution in [2.75, 3.05) is 0 Å². The van der Waals surface area contributed by atoms with Crippen LogP contribution in [0.5, 0.6) is 0 Å². The fourth-order valence-electron chi connectivity index (χ4n) is 11.1. The van der Waals surface area contributed by atoms with Crippen molar-refractivity contribution in [1.29, 1.82) is 0 Å². The van der Waals surface area contributed by atoms with Gasteiger partial charge >= 0.3 is 0 Å². The van der Waals surface area contributed by atoms with E-state index in [9.17, 15) is 0 Å². The second-order valence-corrected chi connectivity index (χ2v) is 14.2. The first-order valence-electron chi connectivity index (χ1n) is 14.6. The van der Waals surface area contributed by atoms with E-state index in [1.54, 1.807) is 70.6 Å². The molecular weight excluding hydrogens is 372 g/mol. The van der Waals surface area contributed by atoms with E-state index in [2.05, 4.69) is 26.8 Å². The molecule has 0 aromatic heterocycles. The molecule has 7 aliphatic rings. The van der Waals surface area contributed by atoms with Crippen LogP contribution >= 0.6 is 0 Å². The fourth-order valence-corrected chi connectivity index (χ4v) is 11.1. The molecule has 0 aliphatic heterocycles. The van der Waals surface area contributed by atoms with Crippen LogP contribution in [0.2, 0.25) is 0 Å². The Hall–Kier alpha value is -0.260. The summed E-state index contributed by atoms with van der Waals surface area (Å²) in [6, 6.07) is 0. The Morgan fingerprint density at radius 2 is 1.65 bits per heavy atom. The topological polar surface area (TPSA) is 0 Å². The standard InChI is InChI=1S/C31H50/c1-22(11-18-31-19-12-23(13-20-31)14-21-31)26-9-10-27-25-8-7-24-6-4-5-16-29(24,2)28(25)15-17-30(26,27)3/h7,22-23,25-28H,4-6,8-21H2,1-3H3. The highest BCUT2D eigenvalue weighted by molar-refractivity contribution is 5.24. The van der Waals surface area contributed by atoms with Gasteiger partial charge in [-0.2, -0.15) is 0 Å². The first kappa shape index (κ1) is 21.3. The second-order valence-electron chi connectivity index (χ2n) is 14.2. The number of hydrogen-bond acceptors (Lipinski definition) is 0. The van der Waals surface area contributed by atoms with Crippen molar-refractivity contribution in [3.63, 3.8) is 0 Å². The van der Waals surface area contributed by atoms with Gasteiger partial charge < -0.3 is 0 Å². The van der Waals surface area contributed by atoms with Crippen molar-refractivity contribution in [3.05, 3.63) is 11.6 Å². The summed E-state index contributed by atoms with van der Waals surface area (Å²) in [7, 11) is 0. The predicted octanol–water partition coefficient (Wildman–Crippen LogP) is 9.34. The molecule has 0 saturated heterocycles. The number of hydrogen-bond donors (Lipinski definition) is 0. The molecule has 31 heavy (non-hydrogen) atoms. The van der Waals surface area contributed by atoms with E-state index >= 15 is 0 Å². The van der Waals surface area contributed by atoms with Gasteiger partial charge in [0.05, 0.1) is 0 Å². The highest BCUT2D eigenvalue weighted by Gasteiger charge is 2.58. The van der Waals surface area contributed by atoms with Crippen molar-refractivity contribution >= 4 is 0 Å². The summed E-state index contributed by atoms with van der Waals surface area (Å²) in [6.07, 6.45) is 28.8. The molecular formula is C31H50. The molecule has 0 amide bonds. The Morgan fingerprint density at radius 1 is 0.871 bits per heavy atom. The fraction of sp³-hybridized carbons (Fsp3) is 0.935. The third kappa shape index (κ3) is 3.26. The van der Waals surface area contributed by atoms with E-state index < -0.39 is 0 Å². The van der Waals surface area contributed by atoms with Gasteiger partial charge in [0.25, 0.3) is 0 Å². The number of fused-ring (bicyclic) bond motifs is 8. The van der Waals surface area contributed by atoms with Crippen molar-refractivity contribution in [3.8, 4) is 0 Å². The van der Waals surface area contributed by atoms with Gasteiger partial charge in [0.15, 0.2) is 0 Å². The van der Waals surface area contributed by atoms with E-state index in [1.807, 2.05) is 5.57 Å².